The van der Waals surface area contributed by atoms with E-state index in [1.807, 2.05) is 0 Å². The van der Waals surface area contributed by atoms with E-state index in [1.165, 1.54) is 32.1 Å². The van der Waals surface area contributed by atoms with Gasteiger partial charge in [0.2, 0.25) is 0 Å². The molecule has 5 atom stereocenters. The number of nitrogens with two attached hydrogens (primary N) is 1. The minimum atomic E-state index is -0.739. The van der Waals surface area contributed by atoms with Gasteiger partial charge in [-0.1, -0.05) is 47.0 Å². The monoisotopic (exact) mass is 283 g/mol. The van der Waals surface area contributed by atoms with Crippen LogP contribution in [0.5, 0.6) is 0 Å². The van der Waals surface area contributed by atoms with Crippen molar-refractivity contribution in [1.82, 2.24) is 0 Å². The molecule has 1 heterocycles. The molecule has 0 saturated carbocycles. The molecule has 0 aromatic rings. The van der Waals surface area contributed by atoms with E-state index >= 15 is 0 Å². The molecule has 0 aromatic heterocycles. The minimum absolute atomic E-state index is 0.0826. The van der Waals surface area contributed by atoms with Gasteiger partial charge in [0.25, 0.3) is 0 Å². The van der Waals surface area contributed by atoms with Crippen LogP contribution in [0.4, 0.5) is 0 Å². The minimum Gasteiger partial charge on any atom is -0.372 e. The van der Waals surface area contributed by atoms with Gasteiger partial charge in [-0.3, -0.25) is 0 Å². The van der Waals surface area contributed by atoms with Crippen molar-refractivity contribution < 1.29 is 9.68 Å². The van der Waals surface area contributed by atoms with Crippen molar-refractivity contribution in [2.45, 2.75) is 91.0 Å². The lowest BCUT2D eigenvalue weighted by Crippen LogP contribution is -2.50. The van der Waals surface area contributed by atoms with Gasteiger partial charge in [0.05, 0.1) is 0 Å². The normalized spacial score (nSPS) is 27.8. The quantitative estimate of drug-likeness (QED) is 0.531. The van der Waals surface area contributed by atoms with Crippen LogP contribution in [-0.4, -0.2) is 34.2 Å². The molecule has 1 aliphatic heterocycles. The third kappa shape index (κ3) is 4.85. The fourth-order valence-corrected chi connectivity index (χ4v) is 3.57. The molecule has 0 spiro atoms. The van der Waals surface area contributed by atoms with Gasteiger partial charge in [0.15, 0.2) is 18.3 Å². The van der Waals surface area contributed by atoms with Crippen LogP contribution in [0.15, 0.2) is 0 Å². The van der Waals surface area contributed by atoms with E-state index in [4.69, 9.17) is 5.73 Å². The van der Waals surface area contributed by atoms with E-state index < -0.39 is 6.23 Å². The van der Waals surface area contributed by atoms with E-state index in [0.717, 1.165) is 12.8 Å². The lowest BCUT2D eigenvalue weighted by molar-refractivity contribution is -0.614. The summed E-state index contributed by atoms with van der Waals surface area (Å²) in [6.45, 7) is 8.99. The van der Waals surface area contributed by atoms with Crippen LogP contribution in [0.3, 0.4) is 0 Å². The molecule has 3 heteroatoms. The van der Waals surface area contributed by atoms with Crippen molar-refractivity contribution in [3.05, 3.63) is 0 Å². The highest BCUT2D eigenvalue weighted by molar-refractivity contribution is 5.55. The Bertz CT molecular complexity index is 301. The average molecular weight is 283 g/mol. The summed E-state index contributed by atoms with van der Waals surface area (Å²) in [6, 6.07) is 0.632. The Morgan fingerprint density at radius 1 is 1.30 bits per heavy atom. The summed E-state index contributed by atoms with van der Waals surface area (Å²) in [5.74, 6) is 1.27. The van der Waals surface area contributed by atoms with Crippen molar-refractivity contribution in [2.24, 2.45) is 17.6 Å². The van der Waals surface area contributed by atoms with Crippen molar-refractivity contribution in [1.29, 1.82) is 0 Å². The van der Waals surface area contributed by atoms with Crippen molar-refractivity contribution in [3.8, 4) is 0 Å². The summed E-state index contributed by atoms with van der Waals surface area (Å²) in [4.78, 5) is 0. The van der Waals surface area contributed by atoms with Crippen LogP contribution in [0.2, 0.25) is 0 Å². The van der Waals surface area contributed by atoms with Gasteiger partial charge in [0, 0.05) is 25.2 Å². The standard InChI is InChI=1S/C17H35N2O/c1-5-8-14(6-2)11-16(17(18)20)19-12-13(4)9-10-15(19)7-3/h12-17,20H,5-11,18H2,1-4H3/q+1. The highest BCUT2D eigenvalue weighted by Crippen LogP contribution is 2.25. The van der Waals surface area contributed by atoms with Crippen molar-refractivity contribution in [2.75, 3.05) is 0 Å². The van der Waals surface area contributed by atoms with Crippen LogP contribution >= 0.6 is 0 Å². The van der Waals surface area contributed by atoms with Crippen LogP contribution in [0.1, 0.15) is 72.6 Å². The molecule has 0 aromatic carbocycles. The zero-order valence-electron chi connectivity index (χ0n) is 13.9. The number of rotatable bonds is 8. The second-order valence-electron chi connectivity index (χ2n) is 6.57. The van der Waals surface area contributed by atoms with Gasteiger partial charge in [-0.05, 0) is 12.3 Å². The molecule has 0 saturated heterocycles. The SMILES string of the molecule is CCCC(CC)CC(C(N)O)[N+]1=CC(C)CCC1CC. The first-order valence-electron chi connectivity index (χ1n) is 8.59. The molecule has 0 aliphatic carbocycles. The fraction of sp³-hybridized carbons (Fsp3) is 0.941. The maximum Gasteiger partial charge on any atom is 0.191 e. The molecule has 0 fully saturated rings. The first-order valence-corrected chi connectivity index (χ1v) is 8.59. The molecule has 5 unspecified atom stereocenters. The van der Waals surface area contributed by atoms with E-state index in [2.05, 4.69) is 38.5 Å². The molecular weight excluding hydrogens is 248 g/mol. The van der Waals surface area contributed by atoms with Crippen molar-refractivity contribution in [3.63, 3.8) is 0 Å². The smallest absolute Gasteiger partial charge is 0.191 e. The molecule has 0 radical (unpaired) electrons. The molecule has 3 nitrogen and oxygen atoms in total. The summed E-state index contributed by atoms with van der Waals surface area (Å²) in [5.41, 5.74) is 5.92. The molecule has 1 rings (SSSR count). The maximum absolute atomic E-state index is 10.1. The van der Waals surface area contributed by atoms with Gasteiger partial charge in [-0.25, -0.2) is 4.58 Å². The molecule has 3 N–H and O–H groups in total. The van der Waals surface area contributed by atoms with E-state index in [9.17, 15) is 5.11 Å². The number of aliphatic hydroxyl groups is 1. The molecular formula is C17H35N2O+. The zero-order valence-corrected chi connectivity index (χ0v) is 13.9. The van der Waals surface area contributed by atoms with Crippen LogP contribution in [0, 0.1) is 11.8 Å². The highest BCUT2D eigenvalue weighted by Gasteiger charge is 2.36. The predicted molar refractivity (Wildman–Crippen MR) is 86.1 cm³/mol. The van der Waals surface area contributed by atoms with E-state index in [1.54, 1.807) is 0 Å². The Morgan fingerprint density at radius 2 is 2.00 bits per heavy atom. The molecule has 0 bridgehead atoms. The Kier molecular flexibility index (Phi) is 7.75. The van der Waals surface area contributed by atoms with Crippen LogP contribution < -0.4 is 5.73 Å². The van der Waals surface area contributed by atoms with E-state index in [-0.39, 0.29) is 6.04 Å². The topological polar surface area (TPSA) is 49.3 Å². The summed E-state index contributed by atoms with van der Waals surface area (Å²) in [5, 5.41) is 10.1. The summed E-state index contributed by atoms with van der Waals surface area (Å²) >= 11 is 0. The predicted octanol–water partition coefficient (Wildman–Crippen LogP) is 3.14. The second-order valence-corrected chi connectivity index (χ2v) is 6.57. The second kappa shape index (κ2) is 8.78. The van der Waals surface area contributed by atoms with Crippen LogP contribution in [-0.2, 0) is 0 Å². The van der Waals surface area contributed by atoms with Gasteiger partial charge in [-0.15, -0.1) is 0 Å². The Balaban J connectivity index is 2.87. The highest BCUT2D eigenvalue weighted by atomic mass is 16.3. The lowest BCUT2D eigenvalue weighted by atomic mass is 9.89. The molecule has 1 aliphatic rings. The first kappa shape index (κ1) is 17.6. The Labute approximate surface area is 125 Å². The third-order valence-electron chi connectivity index (χ3n) is 4.90. The summed E-state index contributed by atoms with van der Waals surface area (Å²) in [6.07, 6.45) is 9.85. The number of hydrogen-bond acceptors (Lipinski definition) is 2. The Hall–Kier alpha value is -0.410. The van der Waals surface area contributed by atoms with Gasteiger partial charge in [-0.2, -0.15) is 0 Å². The van der Waals surface area contributed by atoms with Gasteiger partial charge >= 0.3 is 0 Å². The molecule has 0 amide bonds. The lowest BCUT2D eigenvalue weighted by Gasteiger charge is -2.30. The summed E-state index contributed by atoms with van der Waals surface area (Å²) in [7, 11) is 0. The van der Waals surface area contributed by atoms with Gasteiger partial charge < -0.3 is 10.8 Å². The largest absolute Gasteiger partial charge is 0.372 e. The fourth-order valence-electron chi connectivity index (χ4n) is 3.57. The average Bonchev–Trinajstić information content (AvgIpc) is 2.43. The summed E-state index contributed by atoms with van der Waals surface area (Å²) < 4.78 is 2.40. The Morgan fingerprint density at radius 3 is 2.50 bits per heavy atom. The van der Waals surface area contributed by atoms with Crippen molar-refractivity contribution >= 4 is 6.21 Å². The number of hydrogen-bond donors (Lipinski definition) is 2. The molecule has 118 valence electrons. The van der Waals surface area contributed by atoms with Gasteiger partial charge in [0.1, 0.15) is 6.21 Å². The molecule has 20 heavy (non-hydrogen) atoms. The number of nitrogens with zero attached hydrogens (tertiary/aromatic N) is 1. The zero-order chi connectivity index (χ0) is 15.1. The third-order valence-corrected chi connectivity index (χ3v) is 4.90. The van der Waals surface area contributed by atoms with Crippen LogP contribution in [0.25, 0.3) is 0 Å². The first-order chi connectivity index (χ1) is 9.53. The van der Waals surface area contributed by atoms with E-state index in [0.29, 0.717) is 17.9 Å². The number of aliphatic hydroxyl groups excluding tert-OH is 1. The maximum atomic E-state index is 10.1.